The maximum absolute atomic E-state index is 5.63. The standard InChI is InChI=1S/C16H22N4O2/c1-20-9-8-17-11-14(20)16-18-15(22-19-16)12-21-10-7-13-5-3-2-4-6-13/h2-6,14,17H,7-12H2,1H3. The molecule has 0 spiro atoms. The van der Waals surface area contributed by atoms with Crippen LogP contribution in [-0.4, -0.2) is 48.3 Å². The summed E-state index contributed by atoms with van der Waals surface area (Å²) in [6.07, 6.45) is 0.886. The van der Waals surface area contributed by atoms with Gasteiger partial charge in [-0.15, -0.1) is 0 Å². The van der Waals surface area contributed by atoms with Gasteiger partial charge in [-0.25, -0.2) is 0 Å². The summed E-state index contributed by atoms with van der Waals surface area (Å²) in [5, 5.41) is 7.43. The molecule has 1 N–H and O–H groups in total. The van der Waals surface area contributed by atoms with Crippen LogP contribution in [0.15, 0.2) is 34.9 Å². The normalized spacial score (nSPS) is 19.4. The molecule has 1 fully saturated rings. The molecule has 0 amide bonds. The molecule has 1 aromatic heterocycles. The van der Waals surface area contributed by atoms with E-state index in [4.69, 9.17) is 9.26 Å². The lowest BCUT2D eigenvalue weighted by Crippen LogP contribution is -2.44. The van der Waals surface area contributed by atoms with Gasteiger partial charge in [0.05, 0.1) is 12.6 Å². The fraction of sp³-hybridized carbons (Fsp3) is 0.500. The van der Waals surface area contributed by atoms with E-state index in [1.165, 1.54) is 5.56 Å². The highest BCUT2D eigenvalue weighted by atomic mass is 16.5. The predicted molar refractivity (Wildman–Crippen MR) is 82.3 cm³/mol. The largest absolute Gasteiger partial charge is 0.371 e. The van der Waals surface area contributed by atoms with Crippen molar-refractivity contribution in [1.82, 2.24) is 20.4 Å². The highest BCUT2D eigenvalue weighted by Crippen LogP contribution is 2.17. The molecule has 118 valence electrons. The lowest BCUT2D eigenvalue weighted by atomic mass is 10.2. The third kappa shape index (κ3) is 3.91. The van der Waals surface area contributed by atoms with Gasteiger partial charge >= 0.3 is 0 Å². The van der Waals surface area contributed by atoms with E-state index < -0.39 is 0 Å². The zero-order valence-corrected chi connectivity index (χ0v) is 12.9. The maximum atomic E-state index is 5.63. The number of hydrogen-bond acceptors (Lipinski definition) is 6. The van der Waals surface area contributed by atoms with E-state index in [0.29, 0.717) is 19.1 Å². The van der Waals surface area contributed by atoms with Crippen LogP contribution in [0, 0.1) is 0 Å². The molecule has 0 saturated carbocycles. The molecule has 1 aliphatic heterocycles. The van der Waals surface area contributed by atoms with E-state index in [2.05, 4.69) is 39.5 Å². The van der Waals surface area contributed by atoms with Crippen molar-refractivity contribution in [3.8, 4) is 0 Å². The van der Waals surface area contributed by atoms with Gasteiger partial charge in [0, 0.05) is 19.6 Å². The van der Waals surface area contributed by atoms with Crippen molar-refractivity contribution in [2.24, 2.45) is 0 Å². The minimum atomic E-state index is 0.176. The smallest absolute Gasteiger partial charge is 0.252 e. The predicted octanol–water partition coefficient (Wildman–Crippen LogP) is 1.40. The van der Waals surface area contributed by atoms with Gasteiger partial charge in [0.15, 0.2) is 5.82 Å². The molecule has 3 rings (SSSR count). The lowest BCUT2D eigenvalue weighted by Gasteiger charge is -2.30. The van der Waals surface area contributed by atoms with Crippen LogP contribution in [0.5, 0.6) is 0 Å². The summed E-state index contributed by atoms with van der Waals surface area (Å²) in [5.74, 6) is 1.28. The SMILES string of the molecule is CN1CCNCC1c1noc(COCCc2ccccc2)n1. The number of likely N-dealkylation sites (N-methyl/N-ethyl adjacent to an activating group) is 1. The number of nitrogens with one attached hydrogen (secondary N) is 1. The van der Waals surface area contributed by atoms with Crippen molar-refractivity contribution < 1.29 is 9.26 Å². The molecule has 0 aliphatic carbocycles. The number of hydrogen-bond donors (Lipinski definition) is 1. The van der Waals surface area contributed by atoms with Gasteiger partial charge in [0.2, 0.25) is 0 Å². The monoisotopic (exact) mass is 302 g/mol. The quantitative estimate of drug-likeness (QED) is 0.814. The average molecular weight is 302 g/mol. The fourth-order valence-corrected chi connectivity index (χ4v) is 2.55. The van der Waals surface area contributed by atoms with E-state index in [-0.39, 0.29) is 6.04 Å². The van der Waals surface area contributed by atoms with E-state index in [1.54, 1.807) is 0 Å². The van der Waals surface area contributed by atoms with Gasteiger partial charge in [-0.2, -0.15) is 4.98 Å². The molecule has 1 atom stereocenters. The van der Waals surface area contributed by atoms with Crippen LogP contribution in [0.3, 0.4) is 0 Å². The Morgan fingerprint density at radius 1 is 1.36 bits per heavy atom. The average Bonchev–Trinajstić information content (AvgIpc) is 3.02. The Kier molecular flexibility index (Phi) is 5.15. The number of ether oxygens (including phenoxy) is 1. The number of piperazine rings is 1. The molecular formula is C16H22N4O2. The minimum absolute atomic E-state index is 0.176. The molecule has 22 heavy (non-hydrogen) atoms. The lowest BCUT2D eigenvalue weighted by molar-refractivity contribution is 0.100. The Hall–Kier alpha value is -1.76. The molecular weight excluding hydrogens is 280 g/mol. The van der Waals surface area contributed by atoms with Crippen molar-refractivity contribution >= 4 is 0 Å². The van der Waals surface area contributed by atoms with Gasteiger partial charge in [-0.3, -0.25) is 4.90 Å². The number of aromatic nitrogens is 2. The van der Waals surface area contributed by atoms with Gasteiger partial charge < -0.3 is 14.6 Å². The molecule has 0 radical (unpaired) electrons. The van der Waals surface area contributed by atoms with Crippen LogP contribution in [0.4, 0.5) is 0 Å². The summed E-state index contributed by atoms with van der Waals surface area (Å²) >= 11 is 0. The Labute approximate surface area is 130 Å². The summed E-state index contributed by atoms with van der Waals surface area (Å²) in [4.78, 5) is 6.68. The zero-order chi connectivity index (χ0) is 15.2. The Balaban J connectivity index is 1.45. The highest BCUT2D eigenvalue weighted by Gasteiger charge is 2.25. The van der Waals surface area contributed by atoms with Gasteiger partial charge in [-0.1, -0.05) is 35.5 Å². The second kappa shape index (κ2) is 7.49. The highest BCUT2D eigenvalue weighted by molar-refractivity contribution is 5.14. The van der Waals surface area contributed by atoms with Crippen molar-refractivity contribution in [3.63, 3.8) is 0 Å². The molecule has 6 heteroatoms. The Bertz CT molecular complexity index is 573. The molecule has 2 heterocycles. The Morgan fingerprint density at radius 3 is 3.05 bits per heavy atom. The summed E-state index contributed by atoms with van der Waals surface area (Å²) < 4.78 is 10.9. The fourth-order valence-electron chi connectivity index (χ4n) is 2.55. The van der Waals surface area contributed by atoms with E-state index in [0.717, 1.165) is 31.9 Å². The topological polar surface area (TPSA) is 63.4 Å². The second-order valence-corrected chi connectivity index (χ2v) is 5.54. The molecule has 1 aromatic carbocycles. The third-order valence-corrected chi connectivity index (χ3v) is 3.90. The van der Waals surface area contributed by atoms with E-state index in [9.17, 15) is 0 Å². The number of rotatable bonds is 6. The summed E-state index contributed by atoms with van der Waals surface area (Å²) in [7, 11) is 2.08. The van der Waals surface area contributed by atoms with Crippen molar-refractivity contribution in [2.45, 2.75) is 19.1 Å². The van der Waals surface area contributed by atoms with Crippen molar-refractivity contribution in [2.75, 3.05) is 33.3 Å². The van der Waals surface area contributed by atoms with Gasteiger partial charge in [-0.05, 0) is 19.0 Å². The molecule has 1 saturated heterocycles. The van der Waals surface area contributed by atoms with Gasteiger partial charge in [0.25, 0.3) is 5.89 Å². The van der Waals surface area contributed by atoms with Crippen LogP contribution >= 0.6 is 0 Å². The maximum Gasteiger partial charge on any atom is 0.252 e. The van der Waals surface area contributed by atoms with Gasteiger partial charge in [0.1, 0.15) is 6.61 Å². The first-order valence-electron chi connectivity index (χ1n) is 7.68. The second-order valence-electron chi connectivity index (χ2n) is 5.54. The van der Waals surface area contributed by atoms with Crippen LogP contribution in [0.2, 0.25) is 0 Å². The Morgan fingerprint density at radius 2 is 2.23 bits per heavy atom. The van der Waals surface area contributed by atoms with E-state index >= 15 is 0 Å². The number of benzene rings is 1. The van der Waals surface area contributed by atoms with Crippen LogP contribution in [-0.2, 0) is 17.8 Å². The van der Waals surface area contributed by atoms with E-state index in [1.807, 2.05) is 18.2 Å². The van der Waals surface area contributed by atoms with Crippen molar-refractivity contribution in [1.29, 1.82) is 0 Å². The third-order valence-electron chi connectivity index (χ3n) is 3.90. The first kappa shape index (κ1) is 15.1. The summed E-state index contributed by atoms with van der Waals surface area (Å²) in [6.45, 7) is 3.85. The van der Waals surface area contributed by atoms with Crippen LogP contribution in [0.25, 0.3) is 0 Å². The zero-order valence-electron chi connectivity index (χ0n) is 12.9. The summed E-state index contributed by atoms with van der Waals surface area (Å²) in [5.41, 5.74) is 1.27. The minimum Gasteiger partial charge on any atom is -0.371 e. The molecule has 2 aromatic rings. The first-order valence-corrected chi connectivity index (χ1v) is 7.68. The van der Waals surface area contributed by atoms with Crippen LogP contribution < -0.4 is 5.32 Å². The summed E-state index contributed by atoms with van der Waals surface area (Å²) in [6, 6.07) is 10.5. The number of nitrogens with zero attached hydrogens (tertiary/aromatic N) is 3. The van der Waals surface area contributed by atoms with Crippen molar-refractivity contribution in [3.05, 3.63) is 47.6 Å². The molecule has 6 nitrogen and oxygen atoms in total. The van der Waals surface area contributed by atoms with Crippen LogP contribution in [0.1, 0.15) is 23.3 Å². The molecule has 1 aliphatic rings. The molecule has 1 unspecified atom stereocenters. The molecule has 0 bridgehead atoms. The first-order chi connectivity index (χ1) is 10.8.